The number of nitrogens with one attached hydrogen (secondary N) is 1. The van der Waals surface area contributed by atoms with E-state index < -0.39 is 0 Å². The number of hydrogen-bond acceptors (Lipinski definition) is 3. The van der Waals surface area contributed by atoms with Crippen LogP contribution in [0.15, 0.2) is 24.3 Å². The fraction of sp³-hybridized carbons (Fsp3) is 0.467. The van der Waals surface area contributed by atoms with Gasteiger partial charge in [0, 0.05) is 24.6 Å². The largest absolute Gasteiger partial charge is 0.497 e. The highest BCUT2D eigenvalue weighted by atomic mass is 16.5. The lowest BCUT2D eigenvalue weighted by Gasteiger charge is -2.16. The average molecular weight is 274 g/mol. The fourth-order valence-electron chi connectivity index (χ4n) is 2.60. The number of benzene rings is 1. The molecule has 106 valence electrons. The lowest BCUT2D eigenvalue weighted by molar-refractivity contribution is -0.128. The lowest BCUT2D eigenvalue weighted by atomic mass is 10.1. The number of ether oxygens (including phenoxy) is 1. The van der Waals surface area contributed by atoms with E-state index >= 15 is 0 Å². The molecule has 1 saturated carbocycles. The van der Waals surface area contributed by atoms with Crippen molar-refractivity contribution in [1.29, 1.82) is 0 Å². The Morgan fingerprint density at radius 3 is 2.90 bits per heavy atom. The first-order valence-corrected chi connectivity index (χ1v) is 6.92. The Kier molecular flexibility index (Phi) is 3.34. The molecule has 1 N–H and O–H groups in total. The predicted octanol–water partition coefficient (Wildman–Crippen LogP) is 1.19. The molecule has 2 amide bonds. The van der Waals surface area contributed by atoms with Crippen molar-refractivity contribution in [3.05, 3.63) is 29.8 Å². The Balaban J connectivity index is 1.62. The number of nitrogens with zero attached hydrogens (tertiary/aromatic N) is 1. The summed E-state index contributed by atoms with van der Waals surface area (Å²) in [7, 11) is 1.57. The Labute approximate surface area is 117 Å². The maximum Gasteiger partial charge on any atom is 0.251 e. The van der Waals surface area contributed by atoms with Gasteiger partial charge in [0.15, 0.2) is 0 Å². The monoisotopic (exact) mass is 274 g/mol. The maximum absolute atomic E-state index is 12.2. The molecule has 1 saturated heterocycles. The first kappa shape index (κ1) is 13.0. The zero-order chi connectivity index (χ0) is 14.1. The normalized spacial score (nSPS) is 21.9. The minimum Gasteiger partial charge on any atom is -0.497 e. The molecule has 1 heterocycles. The molecule has 3 rings (SSSR count). The molecule has 1 aliphatic carbocycles. The molecule has 0 aromatic heterocycles. The summed E-state index contributed by atoms with van der Waals surface area (Å²) >= 11 is 0. The highest BCUT2D eigenvalue weighted by molar-refractivity contribution is 5.95. The van der Waals surface area contributed by atoms with E-state index in [-0.39, 0.29) is 17.9 Å². The van der Waals surface area contributed by atoms with E-state index in [1.54, 1.807) is 31.4 Å². The lowest BCUT2D eigenvalue weighted by Crippen LogP contribution is -2.37. The van der Waals surface area contributed by atoms with Crippen LogP contribution in [0.4, 0.5) is 0 Å². The third-order valence-corrected chi connectivity index (χ3v) is 3.81. The molecular formula is C15H18N2O3. The van der Waals surface area contributed by atoms with Gasteiger partial charge in [-0.15, -0.1) is 0 Å². The smallest absolute Gasteiger partial charge is 0.251 e. The van der Waals surface area contributed by atoms with Gasteiger partial charge in [0.25, 0.3) is 5.91 Å². The van der Waals surface area contributed by atoms with Crippen molar-refractivity contribution in [2.24, 2.45) is 0 Å². The van der Waals surface area contributed by atoms with Gasteiger partial charge in [-0.1, -0.05) is 6.07 Å². The highest BCUT2D eigenvalue weighted by Crippen LogP contribution is 2.30. The van der Waals surface area contributed by atoms with E-state index in [4.69, 9.17) is 4.74 Å². The number of hydrogen-bond donors (Lipinski definition) is 1. The molecule has 1 aromatic rings. The quantitative estimate of drug-likeness (QED) is 0.897. The van der Waals surface area contributed by atoms with E-state index in [1.165, 1.54) is 0 Å². The van der Waals surface area contributed by atoms with Gasteiger partial charge in [-0.2, -0.15) is 0 Å². The van der Waals surface area contributed by atoms with Crippen LogP contribution in [0.5, 0.6) is 5.75 Å². The SMILES string of the molecule is COc1cccc(C(=O)NC2CC(=O)N(C3CC3)C2)c1. The number of rotatable bonds is 4. The Morgan fingerprint density at radius 1 is 1.40 bits per heavy atom. The third kappa shape index (κ3) is 2.61. The average Bonchev–Trinajstić information content (AvgIpc) is 3.23. The topological polar surface area (TPSA) is 58.6 Å². The highest BCUT2D eigenvalue weighted by Gasteiger charge is 2.39. The van der Waals surface area contributed by atoms with Crippen molar-refractivity contribution < 1.29 is 14.3 Å². The predicted molar refractivity (Wildman–Crippen MR) is 73.6 cm³/mol. The van der Waals surface area contributed by atoms with Crippen molar-refractivity contribution in [1.82, 2.24) is 10.2 Å². The van der Waals surface area contributed by atoms with E-state index in [0.717, 1.165) is 12.8 Å². The molecule has 0 spiro atoms. The second kappa shape index (κ2) is 5.15. The van der Waals surface area contributed by atoms with Gasteiger partial charge in [0.2, 0.25) is 5.91 Å². The van der Waals surface area contributed by atoms with Crippen LogP contribution < -0.4 is 10.1 Å². The van der Waals surface area contributed by atoms with E-state index in [0.29, 0.717) is 30.3 Å². The molecular weight excluding hydrogens is 256 g/mol. The molecule has 1 atom stereocenters. The molecule has 1 aliphatic heterocycles. The molecule has 0 radical (unpaired) electrons. The number of carbonyl (C=O) groups excluding carboxylic acids is 2. The summed E-state index contributed by atoms with van der Waals surface area (Å²) in [5.74, 6) is 0.655. The molecule has 20 heavy (non-hydrogen) atoms. The molecule has 5 heteroatoms. The second-order valence-corrected chi connectivity index (χ2v) is 5.38. The van der Waals surface area contributed by atoms with Crippen LogP contribution in [0, 0.1) is 0 Å². The minimum absolute atomic E-state index is 0.0817. The zero-order valence-corrected chi connectivity index (χ0v) is 11.5. The van der Waals surface area contributed by atoms with Crippen LogP contribution in [0.1, 0.15) is 29.6 Å². The zero-order valence-electron chi connectivity index (χ0n) is 11.5. The third-order valence-electron chi connectivity index (χ3n) is 3.81. The molecule has 1 unspecified atom stereocenters. The van der Waals surface area contributed by atoms with Crippen LogP contribution in [0.25, 0.3) is 0 Å². The Morgan fingerprint density at radius 2 is 2.20 bits per heavy atom. The molecule has 1 aromatic carbocycles. The fourth-order valence-corrected chi connectivity index (χ4v) is 2.60. The van der Waals surface area contributed by atoms with E-state index in [2.05, 4.69) is 5.32 Å². The van der Waals surface area contributed by atoms with Crippen LogP contribution in [-0.2, 0) is 4.79 Å². The molecule has 5 nitrogen and oxygen atoms in total. The Bertz CT molecular complexity index is 540. The van der Waals surface area contributed by atoms with Crippen molar-refractivity contribution >= 4 is 11.8 Å². The van der Waals surface area contributed by atoms with Crippen LogP contribution in [0.2, 0.25) is 0 Å². The Hall–Kier alpha value is -2.04. The maximum atomic E-state index is 12.2. The molecule has 0 bridgehead atoms. The van der Waals surface area contributed by atoms with Crippen LogP contribution in [0.3, 0.4) is 0 Å². The van der Waals surface area contributed by atoms with Crippen molar-refractivity contribution in [3.63, 3.8) is 0 Å². The van der Waals surface area contributed by atoms with Crippen molar-refractivity contribution in [2.45, 2.75) is 31.3 Å². The molecule has 2 fully saturated rings. The summed E-state index contributed by atoms with van der Waals surface area (Å²) in [6, 6.07) is 7.36. The standard InChI is InChI=1S/C15H18N2O3/c1-20-13-4-2-3-10(7-13)15(19)16-11-8-14(18)17(9-11)12-5-6-12/h2-4,7,11-12H,5-6,8-9H2,1H3,(H,16,19). The van der Waals surface area contributed by atoms with Crippen molar-refractivity contribution in [2.75, 3.05) is 13.7 Å². The van der Waals surface area contributed by atoms with Crippen LogP contribution in [-0.4, -0.2) is 42.5 Å². The summed E-state index contributed by atoms with van der Waals surface area (Å²) in [5, 5.41) is 2.93. The first-order valence-electron chi connectivity index (χ1n) is 6.92. The van der Waals surface area contributed by atoms with Crippen molar-refractivity contribution in [3.8, 4) is 5.75 Å². The van der Waals surface area contributed by atoms with Gasteiger partial charge in [-0.05, 0) is 31.0 Å². The summed E-state index contributed by atoms with van der Waals surface area (Å²) in [6.07, 6.45) is 2.61. The number of amides is 2. The van der Waals surface area contributed by atoms with Gasteiger partial charge < -0.3 is 15.0 Å². The summed E-state index contributed by atoms with van der Waals surface area (Å²) in [4.78, 5) is 25.9. The number of likely N-dealkylation sites (tertiary alicyclic amines) is 1. The molecule has 2 aliphatic rings. The van der Waals surface area contributed by atoms with Gasteiger partial charge in [-0.3, -0.25) is 9.59 Å². The summed E-state index contributed by atoms with van der Waals surface area (Å²) in [5.41, 5.74) is 0.557. The van der Waals surface area contributed by atoms with E-state index in [9.17, 15) is 9.59 Å². The second-order valence-electron chi connectivity index (χ2n) is 5.38. The number of methoxy groups -OCH3 is 1. The summed E-state index contributed by atoms with van der Waals surface area (Å²) in [6.45, 7) is 0.638. The minimum atomic E-state index is -0.153. The number of carbonyl (C=O) groups is 2. The van der Waals surface area contributed by atoms with E-state index in [1.807, 2.05) is 4.90 Å². The van der Waals surface area contributed by atoms with Gasteiger partial charge in [0.05, 0.1) is 13.2 Å². The van der Waals surface area contributed by atoms with Gasteiger partial charge in [0.1, 0.15) is 5.75 Å². The van der Waals surface area contributed by atoms with Gasteiger partial charge >= 0.3 is 0 Å². The summed E-state index contributed by atoms with van der Waals surface area (Å²) < 4.78 is 5.11. The van der Waals surface area contributed by atoms with Gasteiger partial charge in [-0.25, -0.2) is 0 Å². The first-order chi connectivity index (χ1) is 9.67. The van der Waals surface area contributed by atoms with Crippen LogP contribution >= 0.6 is 0 Å².